The zero-order chi connectivity index (χ0) is 23.9. The Labute approximate surface area is 215 Å². The first-order valence-electron chi connectivity index (χ1n) is 10.5. The van der Waals surface area contributed by atoms with Crippen molar-refractivity contribution in [3.05, 3.63) is 92.7 Å². The molecule has 4 aromatic rings. The summed E-state index contributed by atoms with van der Waals surface area (Å²) in [7, 11) is -4.08. The highest BCUT2D eigenvalue weighted by Gasteiger charge is 2.47. The largest absolute Gasteiger partial charge is 0.274 e. The fourth-order valence-corrected chi connectivity index (χ4v) is 6.82. The molecule has 1 unspecified atom stereocenters. The molecule has 172 valence electrons. The van der Waals surface area contributed by atoms with Crippen LogP contribution in [0.2, 0.25) is 0 Å². The number of benzene rings is 3. The summed E-state index contributed by atoms with van der Waals surface area (Å²) in [5, 5.41) is 3.56. The molecule has 34 heavy (non-hydrogen) atoms. The molecule has 9 heteroatoms. The highest BCUT2D eigenvalue weighted by molar-refractivity contribution is 14.1. The minimum absolute atomic E-state index is 0.0110. The molecule has 1 saturated heterocycles. The van der Waals surface area contributed by atoms with Gasteiger partial charge in [-0.25, -0.2) is 13.3 Å². The standard InChI is InChI=1S/C25H19IN2O4S2/c26-19-8-10-20(11-9-19)28-24(29)15-23(25(28)30)27(16-21-6-3-13-33-21)34(31,32)22-12-7-17-4-1-2-5-18(17)14-22/h1-14,23H,15-16H2. The number of anilines is 1. The van der Waals surface area contributed by atoms with Gasteiger partial charge in [0.2, 0.25) is 15.9 Å². The average Bonchev–Trinajstić information content (AvgIpc) is 3.45. The lowest BCUT2D eigenvalue weighted by Crippen LogP contribution is -2.44. The monoisotopic (exact) mass is 602 g/mol. The fraction of sp³-hybridized carbons (Fsp3) is 0.120. The van der Waals surface area contributed by atoms with Gasteiger partial charge in [-0.1, -0.05) is 36.4 Å². The van der Waals surface area contributed by atoms with E-state index in [2.05, 4.69) is 22.6 Å². The Kier molecular flexibility index (Phi) is 6.28. The van der Waals surface area contributed by atoms with Crippen LogP contribution < -0.4 is 4.90 Å². The molecule has 2 amide bonds. The number of nitrogens with zero attached hydrogens (tertiary/aromatic N) is 2. The third kappa shape index (κ3) is 4.28. The Morgan fingerprint density at radius 3 is 2.38 bits per heavy atom. The molecule has 6 nitrogen and oxygen atoms in total. The highest BCUT2D eigenvalue weighted by atomic mass is 127. The zero-order valence-electron chi connectivity index (χ0n) is 17.8. The molecule has 1 aromatic heterocycles. The van der Waals surface area contributed by atoms with Crippen molar-refractivity contribution in [2.75, 3.05) is 4.90 Å². The van der Waals surface area contributed by atoms with Gasteiger partial charge < -0.3 is 0 Å². The molecule has 0 aliphatic carbocycles. The van der Waals surface area contributed by atoms with Gasteiger partial charge in [0.15, 0.2) is 0 Å². The van der Waals surface area contributed by atoms with E-state index in [0.717, 1.165) is 24.1 Å². The first-order valence-corrected chi connectivity index (χ1v) is 13.9. The molecule has 0 radical (unpaired) electrons. The molecule has 0 spiro atoms. The van der Waals surface area contributed by atoms with Gasteiger partial charge in [-0.05, 0) is 81.2 Å². The van der Waals surface area contributed by atoms with Gasteiger partial charge in [0.1, 0.15) is 6.04 Å². The van der Waals surface area contributed by atoms with Gasteiger partial charge in [-0.2, -0.15) is 4.31 Å². The molecule has 0 saturated carbocycles. The van der Waals surface area contributed by atoms with Crippen molar-refractivity contribution in [1.29, 1.82) is 0 Å². The smallest absolute Gasteiger partial charge is 0.252 e. The quantitative estimate of drug-likeness (QED) is 0.229. The van der Waals surface area contributed by atoms with Gasteiger partial charge in [-0.15, -0.1) is 11.3 Å². The van der Waals surface area contributed by atoms with E-state index in [1.54, 1.807) is 42.5 Å². The van der Waals surface area contributed by atoms with E-state index in [9.17, 15) is 18.0 Å². The lowest BCUT2D eigenvalue weighted by molar-refractivity contribution is -0.122. The first kappa shape index (κ1) is 23.2. The van der Waals surface area contributed by atoms with Crippen LogP contribution in [0.4, 0.5) is 5.69 Å². The number of rotatable bonds is 6. The Bertz CT molecular complexity index is 1490. The Hall–Kier alpha value is -2.60. The SMILES string of the molecule is O=C1CC(N(Cc2cccs2)S(=O)(=O)c2ccc3ccccc3c2)C(=O)N1c1ccc(I)cc1. The number of thiophene rings is 1. The van der Waals surface area contributed by atoms with Crippen LogP contribution in [0.25, 0.3) is 10.8 Å². The number of imide groups is 1. The van der Waals surface area contributed by atoms with Crippen LogP contribution in [0.15, 0.2) is 89.1 Å². The van der Waals surface area contributed by atoms with Crippen molar-refractivity contribution in [3.63, 3.8) is 0 Å². The number of fused-ring (bicyclic) bond motifs is 1. The molecule has 5 rings (SSSR count). The van der Waals surface area contributed by atoms with Gasteiger partial charge >= 0.3 is 0 Å². The minimum Gasteiger partial charge on any atom is -0.274 e. The van der Waals surface area contributed by atoms with Gasteiger partial charge in [-0.3, -0.25) is 9.59 Å². The maximum Gasteiger partial charge on any atom is 0.252 e. The maximum atomic E-state index is 13.9. The van der Waals surface area contributed by atoms with Crippen LogP contribution in [0.1, 0.15) is 11.3 Å². The van der Waals surface area contributed by atoms with Gasteiger partial charge in [0, 0.05) is 15.0 Å². The second-order valence-electron chi connectivity index (χ2n) is 7.90. The second kappa shape index (κ2) is 9.21. The van der Waals surface area contributed by atoms with Gasteiger partial charge in [0.25, 0.3) is 5.91 Å². The van der Waals surface area contributed by atoms with E-state index in [1.807, 2.05) is 41.8 Å². The summed E-state index contributed by atoms with van der Waals surface area (Å²) in [5.74, 6) is -0.951. The summed E-state index contributed by atoms with van der Waals surface area (Å²) in [5.41, 5.74) is 0.442. The molecule has 0 bridgehead atoms. The molecule has 1 fully saturated rings. The topological polar surface area (TPSA) is 74.8 Å². The van der Waals surface area contributed by atoms with Crippen molar-refractivity contribution < 1.29 is 18.0 Å². The van der Waals surface area contributed by atoms with Crippen molar-refractivity contribution >= 4 is 72.2 Å². The average molecular weight is 602 g/mol. The van der Waals surface area contributed by atoms with Crippen molar-refractivity contribution in [2.45, 2.75) is 23.9 Å². The molecular formula is C25H19IN2O4S2. The first-order chi connectivity index (χ1) is 16.3. The van der Waals surface area contributed by atoms with Crippen LogP contribution >= 0.6 is 33.9 Å². The number of carbonyl (C=O) groups is 2. The Morgan fingerprint density at radius 2 is 1.68 bits per heavy atom. The molecule has 0 N–H and O–H groups in total. The normalized spacial score (nSPS) is 16.6. The second-order valence-corrected chi connectivity index (χ2v) is 12.1. The molecule has 1 atom stereocenters. The van der Waals surface area contributed by atoms with Gasteiger partial charge in [0.05, 0.1) is 17.0 Å². The van der Waals surface area contributed by atoms with E-state index < -0.39 is 27.9 Å². The van der Waals surface area contributed by atoms with Crippen molar-refractivity contribution in [2.24, 2.45) is 0 Å². The van der Waals surface area contributed by atoms with Crippen molar-refractivity contribution in [1.82, 2.24) is 4.31 Å². The molecule has 1 aliphatic heterocycles. The van der Waals surface area contributed by atoms with E-state index in [1.165, 1.54) is 15.6 Å². The fourth-order valence-electron chi connectivity index (χ4n) is 4.08. The molecule has 1 aliphatic rings. The number of halogens is 1. The predicted molar refractivity (Wildman–Crippen MR) is 141 cm³/mol. The lowest BCUT2D eigenvalue weighted by Gasteiger charge is -2.26. The number of carbonyl (C=O) groups excluding carboxylic acids is 2. The summed E-state index contributed by atoms with van der Waals surface area (Å²) < 4.78 is 29.9. The van der Waals surface area contributed by atoms with Crippen LogP contribution in [0.5, 0.6) is 0 Å². The summed E-state index contributed by atoms with van der Waals surface area (Å²) >= 11 is 3.55. The third-order valence-electron chi connectivity index (χ3n) is 5.77. The van der Waals surface area contributed by atoms with Crippen LogP contribution in [-0.2, 0) is 26.2 Å². The number of amides is 2. The number of sulfonamides is 1. The van der Waals surface area contributed by atoms with Crippen molar-refractivity contribution in [3.8, 4) is 0 Å². The van der Waals surface area contributed by atoms with E-state index in [-0.39, 0.29) is 17.9 Å². The molecule has 2 heterocycles. The Morgan fingerprint density at radius 1 is 0.941 bits per heavy atom. The van der Waals surface area contributed by atoms with E-state index in [0.29, 0.717) is 5.69 Å². The number of hydrogen-bond acceptors (Lipinski definition) is 5. The van der Waals surface area contributed by atoms with E-state index in [4.69, 9.17) is 0 Å². The lowest BCUT2D eigenvalue weighted by atomic mass is 10.1. The Balaban J connectivity index is 1.56. The number of hydrogen-bond donors (Lipinski definition) is 0. The summed E-state index contributed by atoms with van der Waals surface area (Å²) in [6, 6.07) is 22.0. The third-order valence-corrected chi connectivity index (χ3v) is 9.21. The van der Waals surface area contributed by atoms with E-state index >= 15 is 0 Å². The minimum atomic E-state index is -4.08. The summed E-state index contributed by atoms with van der Waals surface area (Å²) in [6.07, 6.45) is -0.205. The van der Waals surface area contributed by atoms with Crippen LogP contribution in [-0.4, -0.2) is 30.6 Å². The summed E-state index contributed by atoms with van der Waals surface area (Å²) in [4.78, 5) is 28.3. The van der Waals surface area contributed by atoms with Crippen LogP contribution in [0.3, 0.4) is 0 Å². The summed E-state index contributed by atoms with van der Waals surface area (Å²) in [6.45, 7) is 0.0110. The zero-order valence-corrected chi connectivity index (χ0v) is 21.6. The molecule has 3 aromatic carbocycles. The van der Waals surface area contributed by atoms with Crippen LogP contribution in [0, 0.1) is 3.57 Å². The predicted octanol–water partition coefficient (Wildman–Crippen LogP) is 5.03. The maximum absolute atomic E-state index is 13.9. The highest BCUT2D eigenvalue weighted by Crippen LogP contribution is 2.32. The molecular weight excluding hydrogens is 583 g/mol.